The van der Waals surface area contributed by atoms with E-state index >= 15 is 0 Å². The van der Waals surface area contributed by atoms with Crippen LogP contribution in [0.15, 0.2) is 47.3 Å². The number of aromatic nitrogens is 2. The van der Waals surface area contributed by atoms with Gasteiger partial charge in [-0.1, -0.05) is 12.1 Å². The molecule has 0 fully saturated rings. The van der Waals surface area contributed by atoms with Crippen LogP contribution in [0.5, 0.6) is 0 Å². The molecule has 33 heavy (non-hydrogen) atoms. The average Bonchev–Trinajstić information content (AvgIpc) is 2.76. The number of nitrogens with one attached hydrogen (secondary N) is 2. The Morgan fingerprint density at radius 1 is 1.24 bits per heavy atom. The number of hydrogen-bond acceptors (Lipinski definition) is 6. The molecule has 2 aromatic carbocycles. The van der Waals surface area contributed by atoms with E-state index in [1.165, 1.54) is 4.90 Å². The number of halogens is 3. The lowest BCUT2D eigenvalue weighted by Gasteiger charge is -2.20. The molecule has 3 aromatic rings. The molecule has 1 heterocycles. The van der Waals surface area contributed by atoms with Crippen LogP contribution < -0.4 is 10.9 Å². The van der Waals surface area contributed by atoms with E-state index < -0.39 is 22.4 Å². The zero-order valence-corrected chi connectivity index (χ0v) is 17.5. The highest BCUT2D eigenvalue weighted by atomic mass is 19.4. The Balaban J connectivity index is 1.66. The molecule has 0 saturated heterocycles. The quantitative estimate of drug-likeness (QED) is 0.388. The molecule has 0 aliphatic rings. The summed E-state index contributed by atoms with van der Waals surface area (Å²) < 4.78 is 38.5. The predicted octanol–water partition coefficient (Wildman–Crippen LogP) is 3.70. The second-order valence-corrected chi connectivity index (χ2v) is 7.10. The summed E-state index contributed by atoms with van der Waals surface area (Å²) in [5.74, 6) is -0.0180. The molecule has 3 rings (SSSR count). The van der Waals surface area contributed by atoms with Crippen molar-refractivity contribution in [3.63, 3.8) is 0 Å². The average molecular weight is 463 g/mol. The van der Waals surface area contributed by atoms with Crippen LogP contribution >= 0.6 is 0 Å². The third-order valence-corrected chi connectivity index (χ3v) is 4.91. The van der Waals surface area contributed by atoms with Crippen molar-refractivity contribution in [1.29, 1.82) is 0 Å². The van der Waals surface area contributed by atoms with Gasteiger partial charge in [0.05, 0.1) is 27.9 Å². The number of benzene rings is 2. The number of rotatable bonds is 8. The van der Waals surface area contributed by atoms with Gasteiger partial charge in [-0.2, -0.15) is 13.2 Å². The number of nitro groups is 1. The Morgan fingerprint density at radius 2 is 1.97 bits per heavy atom. The highest BCUT2D eigenvalue weighted by molar-refractivity contribution is 5.78. The highest BCUT2D eigenvalue weighted by Gasteiger charge is 2.33. The predicted molar refractivity (Wildman–Crippen MR) is 115 cm³/mol. The van der Waals surface area contributed by atoms with Gasteiger partial charge in [-0.3, -0.25) is 19.7 Å². The molecule has 0 atom stereocenters. The Bertz CT molecular complexity index is 1240. The Kier molecular flexibility index (Phi) is 6.95. The lowest BCUT2D eigenvalue weighted by molar-refractivity contribution is -0.384. The number of H-pyrrole nitrogens is 1. The molecule has 1 amide bonds. The number of anilines is 1. The van der Waals surface area contributed by atoms with E-state index in [1.54, 1.807) is 31.2 Å². The van der Waals surface area contributed by atoms with Crippen molar-refractivity contribution >= 4 is 28.2 Å². The molecule has 174 valence electrons. The summed E-state index contributed by atoms with van der Waals surface area (Å²) in [5.41, 5.74) is -1.82. The van der Waals surface area contributed by atoms with Gasteiger partial charge in [0.1, 0.15) is 11.5 Å². The Hall–Kier alpha value is -3.96. The maximum absolute atomic E-state index is 12.8. The third-order valence-electron chi connectivity index (χ3n) is 4.91. The summed E-state index contributed by atoms with van der Waals surface area (Å²) in [5, 5.41) is 14.2. The smallest absolute Gasteiger partial charge is 0.379 e. The lowest BCUT2D eigenvalue weighted by atomic mass is 10.1. The summed E-state index contributed by atoms with van der Waals surface area (Å²) >= 11 is 0. The van der Waals surface area contributed by atoms with Crippen LogP contribution in [0.2, 0.25) is 0 Å². The van der Waals surface area contributed by atoms with Crippen LogP contribution in [-0.2, 0) is 17.5 Å². The molecule has 0 bridgehead atoms. The van der Waals surface area contributed by atoms with Crippen LogP contribution in [-0.4, -0.2) is 38.8 Å². The molecule has 0 unspecified atom stereocenters. The third kappa shape index (κ3) is 5.64. The molecule has 0 aliphatic carbocycles. The minimum Gasteiger partial charge on any atom is -0.379 e. The Morgan fingerprint density at radius 3 is 2.64 bits per heavy atom. The minimum atomic E-state index is -4.71. The van der Waals surface area contributed by atoms with Gasteiger partial charge in [-0.15, -0.1) is 0 Å². The van der Waals surface area contributed by atoms with E-state index in [-0.39, 0.29) is 36.7 Å². The molecule has 0 radical (unpaired) electrons. The zero-order chi connectivity index (χ0) is 24.2. The van der Waals surface area contributed by atoms with E-state index in [0.29, 0.717) is 29.3 Å². The first-order valence-electron chi connectivity index (χ1n) is 9.95. The first-order chi connectivity index (χ1) is 15.6. The van der Waals surface area contributed by atoms with Gasteiger partial charge in [-0.25, -0.2) is 4.98 Å². The molecule has 9 nitrogen and oxygen atoms in total. The number of nitro benzene ring substituents is 1. The molecular formula is C21H20F3N5O4. The number of carbonyl (C=O) groups excluding carboxylic acids is 1. The maximum atomic E-state index is 12.8. The van der Waals surface area contributed by atoms with Gasteiger partial charge in [0.25, 0.3) is 11.2 Å². The van der Waals surface area contributed by atoms with Gasteiger partial charge in [0.2, 0.25) is 5.91 Å². The highest BCUT2D eigenvalue weighted by Crippen LogP contribution is 2.34. The van der Waals surface area contributed by atoms with Crippen molar-refractivity contribution in [1.82, 2.24) is 14.9 Å². The molecule has 0 saturated carbocycles. The maximum Gasteiger partial charge on any atom is 0.416 e. The number of hydrogen-bond donors (Lipinski definition) is 2. The molecular weight excluding hydrogens is 443 g/mol. The minimum absolute atomic E-state index is 0.0385. The fourth-order valence-corrected chi connectivity index (χ4v) is 3.24. The summed E-state index contributed by atoms with van der Waals surface area (Å²) in [6.45, 7) is 2.07. The summed E-state index contributed by atoms with van der Waals surface area (Å²) in [4.78, 5) is 43.5. The van der Waals surface area contributed by atoms with E-state index in [1.807, 2.05) is 0 Å². The second kappa shape index (κ2) is 9.67. The van der Waals surface area contributed by atoms with Gasteiger partial charge in [0, 0.05) is 25.6 Å². The zero-order valence-electron chi connectivity index (χ0n) is 17.5. The summed E-state index contributed by atoms with van der Waals surface area (Å²) in [7, 11) is 0. The number of aromatic amines is 1. The van der Waals surface area contributed by atoms with Crippen molar-refractivity contribution in [2.24, 2.45) is 0 Å². The van der Waals surface area contributed by atoms with Crippen LogP contribution in [0.3, 0.4) is 0 Å². The fourth-order valence-electron chi connectivity index (χ4n) is 3.24. The first kappa shape index (κ1) is 23.7. The van der Waals surface area contributed by atoms with E-state index in [0.717, 1.165) is 12.1 Å². The van der Waals surface area contributed by atoms with Crippen LogP contribution in [0.25, 0.3) is 10.9 Å². The number of para-hydroxylation sites is 1. The molecule has 1 aromatic heterocycles. The molecule has 12 heteroatoms. The SMILES string of the molecule is CCN(Cc1nc2ccccc2c(=O)[nH]1)C(=O)CCNc1ccc(C(F)(F)F)cc1[N+](=O)[O-]. The monoisotopic (exact) mass is 463 g/mol. The van der Waals surface area contributed by atoms with Gasteiger partial charge in [-0.05, 0) is 31.2 Å². The van der Waals surface area contributed by atoms with Gasteiger partial charge < -0.3 is 15.2 Å². The molecule has 0 spiro atoms. The van der Waals surface area contributed by atoms with Crippen molar-refractivity contribution < 1.29 is 22.9 Å². The summed E-state index contributed by atoms with van der Waals surface area (Å²) in [6.07, 6.45) is -4.79. The van der Waals surface area contributed by atoms with E-state index in [4.69, 9.17) is 0 Å². The topological polar surface area (TPSA) is 121 Å². The largest absolute Gasteiger partial charge is 0.416 e. The van der Waals surface area contributed by atoms with Gasteiger partial charge in [0.15, 0.2) is 0 Å². The van der Waals surface area contributed by atoms with Crippen molar-refractivity contribution in [3.8, 4) is 0 Å². The van der Waals surface area contributed by atoms with Gasteiger partial charge >= 0.3 is 6.18 Å². The van der Waals surface area contributed by atoms with Crippen LogP contribution in [0, 0.1) is 10.1 Å². The number of amides is 1. The number of carbonyl (C=O) groups is 1. The first-order valence-corrected chi connectivity index (χ1v) is 9.95. The van der Waals surface area contributed by atoms with Crippen molar-refractivity contribution in [2.45, 2.75) is 26.1 Å². The van der Waals surface area contributed by atoms with Crippen LogP contribution in [0.4, 0.5) is 24.5 Å². The van der Waals surface area contributed by atoms with Crippen molar-refractivity contribution in [2.75, 3.05) is 18.4 Å². The van der Waals surface area contributed by atoms with E-state index in [2.05, 4.69) is 15.3 Å². The molecule has 2 N–H and O–H groups in total. The molecule has 0 aliphatic heterocycles. The number of nitrogens with zero attached hydrogens (tertiary/aromatic N) is 3. The Labute approximate surface area is 185 Å². The standard InChI is InChI=1S/C21H20F3N5O4/c1-2-28(12-18-26-15-6-4-3-5-14(15)20(31)27-18)19(30)9-10-25-16-8-7-13(21(22,23)24)11-17(16)29(32)33/h3-8,11,25H,2,9-10,12H2,1H3,(H,26,27,31). The van der Waals surface area contributed by atoms with Crippen molar-refractivity contribution in [3.05, 3.63) is 74.3 Å². The normalized spacial score (nSPS) is 11.4. The van der Waals surface area contributed by atoms with Crippen LogP contribution in [0.1, 0.15) is 24.7 Å². The number of fused-ring (bicyclic) bond motifs is 1. The second-order valence-electron chi connectivity index (χ2n) is 7.10. The lowest BCUT2D eigenvalue weighted by Crippen LogP contribution is -2.33. The summed E-state index contributed by atoms with van der Waals surface area (Å²) in [6, 6.07) is 8.93. The fraction of sp³-hybridized carbons (Fsp3) is 0.286. The number of alkyl halides is 3. The van der Waals surface area contributed by atoms with E-state index in [9.17, 15) is 32.9 Å².